The van der Waals surface area contributed by atoms with Crippen LogP contribution in [0.5, 0.6) is 17.2 Å². The van der Waals surface area contributed by atoms with Crippen molar-refractivity contribution in [3.05, 3.63) is 85.4 Å². The van der Waals surface area contributed by atoms with Crippen molar-refractivity contribution in [1.82, 2.24) is 4.90 Å². The molecule has 0 saturated carbocycles. The number of nitro groups is 1. The molecule has 3 aromatic carbocycles. The fourth-order valence-electron chi connectivity index (χ4n) is 4.91. The third-order valence-electron chi connectivity index (χ3n) is 6.61. The van der Waals surface area contributed by atoms with Gasteiger partial charge in [-0.1, -0.05) is 23.2 Å². The average molecular weight is 572 g/mol. The molecule has 2 atom stereocenters. The van der Waals surface area contributed by atoms with E-state index < -0.39 is 34.7 Å². The summed E-state index contributed by atoms with van der Waals surface area (Å²) < 4.78 is 16.3. The summed E-state index contributed by atoms with van der Waals surface area (Å²) in [6.07, 6.45) is 0. The number of benzene rings is 3. The molecule has 200 valence electrons. The molecule has 11 nitrogen and oxygen atoms in total. The van der Waals surface area contributed by atoms with Crippen molar-refractivity contribution in [2.75, 3.05) is 26.2 Å². The second-order valence-corrected chi connectivity index (χ2v) is 9.52. The van der Waals surface area contributed by atoms with Crippen molar-refractivity contribution >= 4 is 52.3 Å². The van der Waals surface area contributed by atoms with E-state index in [-0.39, 0.29) is 38.4 Å². The monoisotopic (exact) mass is 571 g/mol. The van der Waals surface area contributed by atoms with Crippen molar-refractivity contribution in [2.24, 2.45) is 0 Å². The van der Waals surface area contributed by atoms with Gasteiger partial charge in [0.05, 0.1) is 43.4 Å². The molecule has 0 unspecified atom stereocenters. The first-order valence-electron chi connectivity index (χ1n) is 11.4. The van der Waals surface area contributed by atoms with E-state index in [0.717, 1.165) is 17.0 Å². The zero-order valence-corrected chi connectivity index (χ0v) is 22.1. The van der Waals surface area contributed by atoms with E-state index in [1.807, 2.05) is 0 Å². The molecular formula is C26H19Cl2N3O8. The Bertz CT molecular complexity index is 1530. The van der Waals surface area contributed by atoms with Crippen molar-refractivity contribution in [2.45, 2.75) is 12.1 Å². The van der Waals surface area contributed by atoms with E-state index in [0.29, 0.717) is 17.0 Å². The Morgan fingerprint density at radius 2 is 1.36 bits per heavy atom. The minimum Gasteiger partial charge on any atom is -0.493 e. The lowest BCUT2D eigenvalue weighted by Gasteiger charge is -2.50. The summed E-state index contributed by atoms with van der Waals surface area (Å²) in [5.74, 6) is -1.28. The average Bonchev–Trinajstić information content (AvgIpc) is 3.14. The zero-order valence-electron chi connectivity index (χ0n) is 20.6. The van der Waals surface area contributed by atoms with Crippen LogP contribution in [0.25, 0.3) is 0 Å². The maximum atomic E-state index is 13.7. The summed E-state index contributed by atoms with van der Waals surface area (Å²) in [7, 11) is 4.29. The van der Waals surface area contributed by atoms with Crippen molar-refractivity contribution in [1.29, 1.82) is 0 Å². The number of amides is 3. The summed E-state index contributed by atoms with van der Waals surface area (Å²) in [4.78, 5) is 53.3. The number of nitro benzene ring substituents is 1. The van der Waals surface area contributed by atoms with Gasteiger partial charge in [-0.3, -0.25) is 29.4 Å². The first-order valence-corrected chi connectivity index (χ1v) is 12.1. The minimum atomic E-state index is -1.29. The maximum Gasteiger partial charge on any atom is 0.270 e. The Labute approximate surface area is 231 Å². The molecule has 0 aromatic heterocycles. The van der Waals surface area contributed by atoms with Crippen LogP contribution in [0.15, 0.2) is 48.5 Å². The summed E-state index contributed by atoms with van der Waals surface area (Å²) in [6.45, 7) is 0. The third kappa shape index (κ3) is 4.10. The highest BCUT2D eigenvalue weighted by molar-refractivity contribution is 6.35. The summed E-state index contributed by atoms with van der Waals surface area (Å²) in [6, 6.07) is 8.92. The molecule has 13 heteroatoms. The van der Waals surface area contributed by atoms with Gasteiger partial charge in [0, 0.05) is 27.9 Å². The summed E-state index contributed by atoms with van der Waals surface area (Å²) in [5.41, 5.74) is 0.238. The van der Waals surface area contributed by atoms with Gasteiger partial charge in [0.15, 0.2) is 11.5 Å². The normalized spacial score (nSPS) is 18.1. The Balaban J connectivity index is 1.66. The van der Waals surface area contributed by atoms with Gasteiger partial charge in [-0.15, -0.1) is 0 Å². The van der Waals surface area contributed by atoms with Crippen LogP contribution < -0.4 is 19.1 Å². The Hall–Kier alpha value is -4.35. The highest BCUT2D eigenvalue weighted by Crippen LogP contribution is 2.49. The number of β-lactam (4-membered cyclic amide) rings is 1. The van der Waals surface area contributed by atoms with Crippen molar-refractivity contribution in [3.63, 3.8) is 0 Å². The maximum absolute atomic E-state index is 13.7. The quantitative estimate of drug-likeness (QED) is 0.173. The van der Waals surface area contributed by atoms with Gasteiger partial charge in [-0.25, -0.2) is 0 Å². The van der Waals surface area contributed by atoms with Crippen LogP contribution in [-0.2, 0) is 4.79 Å². The predicted octanol–water partition coefficient (Wildman–Crippen LogP) is 4.68. The van der Waals surface area contributed by atoms with Crippen LogP contribution in [0, 0.1) is 10.1 Å². The molecular weight excluding hydrogens is 553 g/mol. The predicted molar refractivity (Wildman–Crippen MR) is 140 cm³/mol. The van der Waals surface area contributed by atoms with Gasteiger partial charge in [0.2, 0.25) is 5.75 Å². The van der Waals surface area contributed by atoms with Gasteiger partial charge in [0.1, 0.15) is 6.04 Å². The number of anilines is 1. The van der Waals surface area contributed by atoms with Crippen molar-refractivity contribution < 1.29 is 33.5 Å². The van der Waals surface area contributed by atoms with E-state index >= 15 is 0 Å². The lowest BCUT2D eigenvalue weighted by atomic mass is 9.86. The van der Waals surface area contributed by atoms with Crippen LogP contribution in [0.1, 0.15) is 32.3 Å². The number of methoxy groups -OCH3 is 3. The number of fused-ring (bicyclic) bond motifs is 1. The second kappa shape index (κ2) is 9.75. The molecule has 39 heavy (non-hydrogen) atoms. The first-order chi connectivity index (χ1) is 18.6. The number of hydrogen-bond donors (Lipinski definition) is 0. The fraction of sp³-hybridized carbons (Fsp3) is 0.192. The minimum absolute atomic E-state index is 0.0358. The first kappa shape index (κ1) is 26.3. The molecule has 2 aliphatic heterocycles. The molecule has 1 saturated heterocycles. The largest absolute Gasteiger partial charge is 0.493 e. The van der Waals surface area contributed by atoms with Gasteiger partial charge in [-0.05, 0) is 42.0 Å². The second-order valence-electron chi connectivity index (χ2n) is 8.65. The van der Waals surface area contributed by atoms with E-state index in [2.05, 4.69) is 0 Å². The van der Waals surface area contributed by atoms with Gasteiger partial charge < -0.3 is 19.1 Å². The number of carbonyl (C=O) groups is 3. The molecule has 0 radical (unpaired) electrons. The zero-order chi connectivity index (χ0) is 28.2. The van der Waals surface area contributed by atoms with E-state index in [1.54, 1.807) is 12.1 Å². The Morgan fingerprint density at radius 1 is 0.769 bits per heavy atom. The standard InChI is InChI=1S/C26H19Cl2N3O8/c1-37-19-6-12(7-20(38-2)23(19)39-3)21-22(26(34)29(21)16-9-13(27)8-14(28)10-16)30-24(32)17-5-4-15(31(35)36)11-18(17)25(30)33/h4-11,21-22H,1-3H3/t21-,22-/m0/s1. The van der Waals surface area contributed by atoms with Crippen LogP contribution in [-0.4, -0.2) is 54.9 Å². The molecule has 0 spiro atoms. The number of ether oxygens (including phenoxy) is 3. The molecule has 0 aliphatic carbocycles. The fourth-order valence-corrected chi connectivity index (χ4v) is 5.42. The number of carbonyl (C=O) groups excluding carboxylic acids is 3. The molecule has 0 bridgehead atoms. The smallest absolute Gasteiger partial charge is 0.270 e. The highest BCUT2D eigenvalue weighted by Gasteiger charge is 2.58. The van der Waals surface area contributed by atoms with Crippen LogP contribution in [0.4, 0.5) is 11.4 Å². The van der Waals surface area contributed by atoms with Crippen LogP contribution in [0.3, 0.4) is 0 Å². The topological polar surface area (TPSA) is 129 Å². The number of non-ortho nitro benzene ring substituents is 1. The van der Waals surface area contributed by atoms with Gasteiger partial charge in [-0.2, -0.15) is 0 Å². The van der Waals surface area contributed by atoms with Crippen LogP contribution in [0.2, 0.25) is 10.0 Å². The summed E-state index contributed by atoms with van der Waals surface area (Å²) in [5, 5.41) is 11.8. The SMILES string of the molecule is COc1cc([C@H]2[C@H](N3C(=O)c4ccc([N+](=O)[O-])cc4C3=O)C(=O)N2c2cc(Cl)cc(Cl)c2)cc(OC)c1OC. The van der Waals surface area contributed by atoms with Crippen molar-refractivity contribution in [3.8, 4) is 17.2 Å². The number of imide groups is 1. The van der Waals surface area contributed by atoms with Gasteiger partial charge >= 0.3 is 0 Å². The molecule has 1 fully saturated rings. The molecule has 0 N–H and O–H groups in total. The number of halogens is 2. The molecule has 2 aliphatic rings. The lowest BCUT2D eigenvalue weighted by molar-refractivity contribution is -0.384. The number of rotatable bonds is 7. The Kier molecular flexibility index (Phi) is 6.57. The van der Waals surface area contributed by atoms with E-state index in [1.165, 1.54) is 50.5 Å². The van der Waals surface area contributed by atoms with Gasteiger partial charge in [0.25, 0.3) is 23.4 Å². The third-order valence-corrected chi connectivity index (χ3v) is 7.05. The van der Waals surface area contributed by atoms with Crippen LogP contribution >= 0.6 is 23.2 Å². The number of hydrogen-bond acceptors (Lipinski definition) is 8. The molecule has 2 heterocycles. The highest BCUT2D eigenvalue weighted by atomic mass is 35.5. The lowest BCUT2D eigenvalue weighted by Crippen LogP contribution is -2.67. The molecule has 5 rings (SSSR count). The molecule has 3 aromatic rings. The number of nitrogens with zero attached hydrogens (tertiary/aromatic N) is 3. The molecule has 3 amide bonds. The summed E-state index contributed by atoms with van der Waals surface area (Å²) >= 11 is 12.4. The van der Waals surface area contributed by atoms with E-state index in [9.17, 15) is 24.5 Å². The van der Waals surface area contributed by atoms with E-state index in [4.69, 9.17) is 37.4 Å². The Morgan fingerprint density at radius 3 is 1.90 bits per heavy atom.